The third-order valence-corrected chi connectivity index (χ3v) is 6.16. The minimum atomic E-state index is -0.278. The fourth-order valence-electron chi connectivity index (χ4n) is 3.33. The number of ether oxygens (including phenoxy) is 2. The molecule has 154 valence electrons. The van der Waals surface area contributed by atoms with Crippen LogP contribution < -0.4 is 20.3 Å². The molecule has 0 aliphatic heterocycles. The smallest absolute Gasteiger partial charge is 0.265 e. The molecule has 2 aromatic carbocycles. The van der Waals surface area contributed by atoms with Crippen LogP contribution in [0.25, 0.3) is 16.6 Å². The predicted octanol–water partition coefficient (Wildman–Crippen LogP) is 3.56. The molecular weight excluding hydrogens is 422 g/mol. The van der Waals surface area contributed by atoms with Crippen molar-refractivity contribution in [3.05, 3.63) is 67.2 Å². The first-order valence-electron chi connectivity index (χ1n) is 9.19. The van der Waals surface area contributed by atoms with Crippen molar-refractivity contribution in [3.8, 4) is 11.5 Å². The second kappa shape index (κ2) is 8.29. The average Bonchev–Trinajstić information content (AvgIpc) is 3.10. The molecule has 2 aromatic heterocycles. The van der Waals surface area contributed by atoms with Gasteiger partial charge in [-0.1, -0.05) is 29.5 Å². The number of benzene rings is 2. The molecule has 7 nitrogen and oxygen atoms in total. The van der Waals surface area contributed by atoms with E-state index in [1.165, 1.54) is 11.3 Å². The van der Waals surface area contributed by atoms with Crippen molar-refractivity contribution in [3.63, 3.8) is 0 Å². The quantitative estimate of drug-likeness (QED) is 0.447. The number of carbonyl (C=O) groups is 1. The Morgan fingerprint density at radius 3 is 2.70 bits per heavy atom. The van der Waals surface area contributed by atoms with Crippen LogP contribution in [0.3, 0.4) is 0 Å². The van der Waals surface area contributed by atoms with E-state index in [0.717, 1.165) is 5.56 Å². The minimum absolute atomic E-state index is 0.252. The van der Waals surface area contributed by atoms with Gasteiger partial charge < -0.3 is 19.8 Å². The molecule has 0 bridgehead atoms. The van der Waals surface area contributed by atoms with Crippen molar-refractivity contribution in [2.24, 2.45) is 0 Å². The summed E-state index contributed by atoms with van der Waals surface area (Å²) in [5.41, 5.74) is 1.85. The molecule has 9 heteroatoms. The van der Waals surface area contributed by atoms with Crippen LogP contribution >= 0.6 is 23.6 Å². The summed E-state index contributed by atoms with van der Waals surface area (Å²) in [5, 5.41) is 3.43. The monoisotopic (exact) mass is 441 g/mol. The van der Waals surface area contributed by atoms with Crippen LogP contribution in [0.4, 0.5) is 0 Å². The Morgan fingerprint density at radius 2 is 1.93 bits per heavy atom. The summed E-state index contributed by atoms with van der Waals surface area (Å²) >= 11 is 6.63. The molecule has 2 heterocycles. The molecule has 0 aliphatic rings. The number of fused-ring (bicyclic) bond motifs is 3. The highest BCUT2D eigenvalue weighted by Crippen LogP contribution is 2.27. The van der Waals surface area contributed by atoms with Crippen LogP contribution in [-0.4, -0.2) is 36.1 Å². The van der Waals surface area contributed by atoms with Gasteiger partial charge in [0.25, 0.3) is 11.5 Å². The molecule has 0 aliphatic carbocycles. The normalized spacial score (nSPS) is 11.0. The van der Waals surface area contributed by atoms with Crippen molar-refractivity contribution in [2.75, 3.05) is 20.8 Å². The topological polar surface area (TPSA) is 84.8 Å². The first-order chi connectivity index (χ1) is 14.5. The third-order valence-electron chi connectivity index (χ3n) is 4.79. The zero-order valence-electron chi connectivity index (χ0n) is 16.4. The molecule has 0 spiro atoms. The van der Waals surface area contributed by atoms with Gasteiger partial charge in [-0.2, -0.15) is 0 Å². The van der Waals surface area contributed by atoms with E-state index in [-0.39, 0.29) is 11.5 Å². The van der Waals surface area contributed by atoms with Crippen molar-refractivity contribution in [2.45, 2.75) is 6.42 Å². The van der Waals surface area contributed by atoms with Crippen LogP contribution in [0.1, 0.15) is 15.2 Å². The molecule has 0 fully saturated rings. The summed E-state index contributed by atoms with van der Waals surface area (Å²) in [6, 6.07) is 12.8. The Hall–Kier alpha value is -3.17. The van der Waals surface area contributed by atoms with Gasteiger partial charge in [0.15, 0.2) is 15.5 Å². The van der Waals surface area contributed by atoms with Gasteiger partial charge in [-0.05, 0) is 48.5 Å². The lowest BCUT2D eigenvalue weighted by Gasteiger charge is -2.10. The standard InChI is InChI=1S/C21H19N3O4S2/c1-27-15-8-7-12(11-16(15)28-2)9-10-22-20(26)17-18-23-19(25)13-5-3-4-6-14(13)24(18)21(29)30-17/h3-8,11H,9-10H2,1-2H3,(H,22,26)(H,23,25). The molecule has 0 atom stereocenters. The van der Waals surface area contributed by atoms with Gasteiger partial charge in [0, 0.05) is 6.54 Å². The van der Waals surface area contributed by atoms with E-state index in [2.05, 4.69) is 10.3 Å². The highest BCUT2D eigenvalue weighted by Gasteiger charge is 2.17. The molecule has 1 amide bonds. The lowest BCUT2D eigenvalue weighted by molar-refractivity contribution is 0.0959. The molecule has 2 N–H and O–H groups in total. The van der Waals surface area contributed by atoms with Crippen LogP contribution in [0.5, 0.6) is 11.5 Å². The molecule has 0 saturated carbocycles. The van der Waals surface area contributed by atoms with E-state index in [4.69, 9.17) is 21.7 Å². The van der Waals surface area contributed by atoms with E-state index < -0.39 is 0 Å². The zero-order valence-corrected chi connectivity index (χ0v) is 18.0. The van der Waals surface area contributed by atoms with Crippen molar-refractivity contribution in [1.29, 1.82) is 0 Å². The number of nitrogens with one attached hydrogen (secondary N) is 2. The maximum Gasteiger partial charge on any atom is 0.265 e. The predicted molar refractivity (Wildman–Crippen MR) is 120 cm³/mol. The number of aromatic nitrogens is 2. The fraction of sp³-hybridized carbons (Fsp3) is 0.190. The van der Waals surface area contributed by atoms with E-state index in [1.54, 1.807) is 30.8 Å². The highest BCUT2D eigenvalue weighted by molar-refractivity contribution is 7.73. The summed E-state index contributed by atoms with van der Waals surface area (Å²) in [4.78, 5) is 28.4. The second-order valence-electron chi connectivity index (χ2n) is 6.55. The number of nitrogens with zero attached hydrogens (tertiary/aromatic N) is 1. The third kappa shape index (κ3) is 3.57. The molecule has 30 heavy (non-hydrogen) atoms. The Morgan fingerprint density at radius 1 is 1.17 bits per heavy atom. The van der Waals surface area contributed by atoms with Crippen LogP contribution in [0.15, 0.2) is 47.3 Å². The molecule has 0 radical (unpaired) electrons. The Balaban J connectivity index is 1.57. The van der Waals surface area contributed by atoms with E-state index in [9.17, 15) is 9.59 Å². The molecular formula is C21H19N3O4S2. The summed E-state index contributed by atoms with van der Waals surface area (Å²) < 4.78 is 12.8. The Kier molecular flexibility index (Phi) is 5.56. The van der Waals surface area contributed by atoms with Gasteiger partial charge in [0.1, 0.15) is 10.5 Å². The number of H-pyrrole nitrogens is 1. The lowest BCUT2D eigenvalue weighted by Crippen LogP contribution is -2.25. The second-order valence-corrected chi connectivity index (χ2v) is 8.19. The zero-order chi connectivity index (χ0) is 21.3. The SMILES string of the molecule is COc1ccc(CCNC(=O)c2sc(=S)n3c2[nH]c(=O)c2ccccc23)cc1OC. The highest BCUT2D eigenvalue weighted by atomic mass is 32.1. The van der Waals surface area contributed by atoms with Gasteiger partial charge in [-0.25, -0.2) is 0 Å². The number of thiazole rings is 1. The number of para-hydroxylation sites is 1. The number of hydrogen-bond acceptors (Lipinski definition) is 6. The maximum atomic E-state index is 12.8. The van der Waals surface area contributed by atoms with Gasteiger partial charge >= 0.3 is 0 Å². The number of methoxy groups -OCH3 is 2. The van der Waals surface area contributed by atoms with Crippen molar-refractivity contribution < 1.29 is 14.3 Å². The summed E-state index contributed by atoms with van der Waals surface area (Å²) in [7, 11) is 3.17. The van der Waals surface area contributed by atoms with Gasteiger partial charge in [0.2, 0.25) is 0 Å². The molecule has 4 rings (SSSR count). The Bertz CT molecular complexity index is 1370. The van der Waals surface area contributed by atoms with Gasteiger partial charge in [0.05, 0.1) is 25.1 Å². The first kappa shape index (κ1) is 20.1. The average molecular weight is 442 g/mol. The maximum absolute atomic E-state index is 12.8. The van der Waals surface area contributed by atoms with Crippen LogP contribution in [0, 0.1) is 3.95 Å². The van der Waals surface area contributed by atoms with Crippen LogP contribution in [-0.2, 0) is 6.42 Å². The van der Waals surface area contributed by atoms with Gasteiger partial charge in [-0.15, -0.1) is 0 Å². The van der Waals surface area contributed by atoms with E-state index in [1.807, 2.05) is 30.3 Å². The Labute approximate surface area is 180 Å². The molecule has 0 saturated heterocycles. The minimum Gasteiger partial charge on any atom is -0.493 e. The summed E-state index contributed by atoms with van der Waals surface area (Å²) in [6.07, 6.45) is 0.614. The summed E-state index contributed by atoms with van der Waals surface area (Å²) in [5.74, 6) is 1.02. The first-order valence-corrected chi connectivity index (χ1v) is 10.4. The largest absolute Gasteiger partial charge is 0.493 e. The molecule has 4 aromatic rings. The fourth-order valence-corrected chi connectivity index (χ4v) is 4.63. The number of hydrogen-bond donors (Lipinski definition) is 2. The van der Waals surface area contributed by atoms with Crippen molar-refractivity contribution in [1.82, 2.24) is 14.7 Å². The van der Waals surface area contributed by atoms with E-state index >= 15 is 0 Å². The van der Waals surface area contributed by atoms with Crippen LogP contribution in [0.2, 0.25) is 0 Å². The summed E-state index contributed by atoms with van der Waals surface area (Å²) in [6.45, 7) is 0.420. The lowest BCUT2D eigenvalue weighted by atomic mass is 10.1. The molecule has 0 unspecified atom stereocenters. The number of carbonyl (C=O) groups excluding carboxylic acids is 1. The number of rotatable bonds is 6. The van der Waals surface area contributed by atoms with E-state index in [0.29, 0.717) is 49.8 Å². The number of amides is 1. The van der Waals surface area contributed by atoms with Gasteiger partial charge in [-0.3, -0.25) is 14.0 Å². The van der Waals surface area contributed by atoms with Crippen molar-refractivity contribution >= 4 is 46.0 Å². The number of aromatic amines is 1.